The van der Waals surface area contributed by atoms with Crippen molar-refractivity contribution in [2.24, 2.45) is 11.8 Å². The SMILES string of the molecule is Cc1cc(N2C(=O)C3C4c5ccccc5C(c5ccccc54)C3C2=O)ccc1[N+](=O)[O-]. The zero-order valence-electron chi connectivity index (χ0n) is 16.7. The van der Waals surface area contributed by atoms with Crippen molar-refractivity contribution in [2.75, 3.05) is 4.90 Å². The van der Waals surface area contributed by atoms with Crippen molar-refractivity contribution in [1.82, 2.24) is 0 Å². The molecule has 4 aliphatic rings. The second-order valence-corrected chi connectivity index (χ2v) is 8.50. The Bertz CT molecular complexity index is 1200. The average molecular weight is 410 g/mol. The van der Waals surface area contributed by atoms with Crippen molar-refractivity contribution in [3.63, 3.8) is 0 Å². The van der Waals surface area contributed by atoms with Crippen molar-refractivity contribution in [1.29, 1.82) is 0 Å². The summed E-state index contributed by atoms with van der Waals surface area (Å²) in [4.78, 5) is 39.3. The minimum atomic E-state index is -0.460. The number of hydrogen-bond acceptors (Lipinski definition) is 4. The van der Waals surface area contributed by atoms with Gasteiger partial charge in [-0.05, 0) is 41.3 Å². The van der Waals surface area contributed by atoms with Crippen LogP contribution in [0.2, 0.25) is 0 Å². The minimum Gasteiger partial charge on any atom is -0.274 e. The Balaban J connectivity index is 1.52. The number of imide groups is 1. The molecule has 2 bridgehead atoms. The molecule has 0 spiro atoms. The van der Waals surface area contributed by atoms with Crippen molar-refractivity contribution >= 4 is 23.2 Å². The number of anilines is 1. The van der Waals surface area contributed by atoms with E-state index in [-0.39, 0.29) is 29.3 Å². The third kappa shape index (κ3) is 2.22. The van der Waals surface area contributed by atoms with Gasteiger partial charge in [-0.3, -0.25) is 19.7 Å². The van der Waals surface area contributed by atoms with Crippen LogP contribution >= 0.6 is 0 Å². The molecule has 152 valence electrons. The van der Waals surface area contributed by atoms with Gasteiger partial charge in [0.2, 0.25) is 11.8 Å². The van der Waals surface area contributed by atoms with Crippen molar-refractivity contribution < 1.29 is 14.5 Å². The molecule has 1 heterocycles. The van der Waals surface area contributed by atoms with Crippen LogP contribution in [-0.2, 0) is 9.59 Å². The summed E-state index contributed by atoms with van der Waals surface area (Å²) in [6.45, 7) is 1.62. The van der Waals surface area contributed by atoms with Crippen LogP contribution in [0.1, 0.15) is 39.7 Å². The third-order valence-electron chi connectivity index (χ3n) is 7.08. The zero-order chi connectivity index (χ0) is 21.4. The summed E-state index contributed by atoms with van der Waals surface area (Å²) in [5, 5.41) is 11.2. The molecular formula is C25H18N2O4. The summed E-state index contributed by atoms with van der Waals surface area (Å²) in [5.74, 6) is -1.69. The van der Waals surface area contributed by atoms with Crippen LogP contribution in [0.4, 0.5) is 11.4 Å². The number of nitro groups is 1. The van der Waals surface area contributed by atoms with Gasteiger partial charge in [-0.1, -0.05) is 48.5 Å². The van der Waals surface area contributed by atoms with Gasteiger partial charge < -0.3 is 0 Å². The normalized spacial score (nSPS) is 25.3. The van der Waals surface area contributed by atoms with Crippen LogP contribution in [0.5, 0.6) is 0 Å². The molecular weight excluding hydrogens is 392 g/mol. The molecule has 3 aromatic carbocycles. The number of carbonyl (C=O) groups excluding carboxylic acids is 2. The molecule has 6 heteroatoms. The van der Waals surface area contributed by atoms with Gasteiger partial charge in [-0.25, -0.2) is 4.90 Å². The maximum atomic E-state index is 13.7. The van der Waals surface area contributed by atoms with E-state index in [1.54, 1.807) is 13.0 Å². The first-order chi connectivity index (χ1) is 15.0. The second kappa shape index (κ2) is 6.11. The van der Waals surface area contributed by atoms with E-state index >= 15 is 0 Å². The molecule has 0 aromatic heterocycles. The Morgan fingerprint density at radius 3 is 1.61 bits per heavy atom. The van der Waals surface area contributed by atoms with E-state index in [9.17, 15) is 19.7 Å². The molecule has 0 radical (unpaired) electrons. The number of nitro benzene ring substituents is 1. The number of rotatable bonds is 2. The molecule has 3 aromatic rings. The van der Waals surface area contributed by atoms with Gasteiger partial charge in [-0.15, -0.1) is 0 Å². The maximum absolute atomic E-state index is 13.7. The van der Waals surface area contributed by atoms with Crippen LogP contribution in [0.15, 0.2) is 66.7 Å². The highest BCUT2D eigenvalue weighted by molar-refractivity contribution is 6.23. The van der Waals surface area contributed by atoms with Gasteiger partial charge in [0.15, 0.2) is 0 Å². The molecule has 3 aliphatic carbocycles. The smallest absolute Gasteiger partial charge is 0.272 e. The lowest BCUT2D eigenvalue weighted by Gasteiger charge is -2.45. The van der Waals surface area contributed by atoms with Crippen LogP contribution in [0.25, 0.3) is 0 Å². The number of amides is 2. The number of benzene rings is 3. The van der Waals surface area contributed by atoms with Crippen molar-refractivity contribution in [3.05, 3.63) is 105 Å². The van der Waals surface area contributed by atoms with E-state index in [1.807, 2.05) is 24.3 Å². The summed E-state index contributed by atoms with van der Waals surface area (Å²) < 4.78 is 0. The van der Waals surface area contributed by atoms with Gasteiger partial charge in [0.25, 0.3) is 5.69 Å². The summed E-state index contributed by atoms with van der Waals surface area (Å²) in [7, 11) is 0. The topological polar surface area (TPSA) is 80.5 Å². The van der Waals surface area contributed by atoms with E-state index < -0.39 is 16.8 Å². The van der Waals surface area contributed by atoms with Gasteiger partial charge in [0, 0.05) is 23.5 Å². The van der Waals surface area contributed by atoms with E-state index in [4.69, 9.17) is 0 Å². The first-order valence-corrected chi connectivity index (χ1v) is 10.3. The highest BCUT2D eigenvalue weighted by Gasteiger charge is 2.61. The molecule has 1 saturated heterocycles. The predicted octanol–water partition coefficient (Wildman–Crippen LogP) is 4.30. The van der Waals surface area contributed by atoms with E-state index in [0.29, 0.717) is 11.3 Å². The highest BCUT2D eigenvalue weighted by atomic mass is 16.6. The molecule has 1 fully saturated rings. The first kappa shape index (κ1) is 18.0. The molecule has 31 heavy (non-hydrogen) atoms. The van der Waals surface area contributed by atoms with Gasteiger partial charge in [0.1, 0.15) is 0 Å². The Kier molecular flexibility index (Phi) is 3.55. The van der Waals surface area contributed by atoms with E-state index in [0.717, 1.165) is 22.3 Å². The third-order valence-corrected chi connectivity index (χ3v) is 7.08. The molecule has 0 saturated carbocycles. The molecule has 2 atom stereocenters. The summed E-state index contributed by atoms with van der Waals surface area (Å²) in [6.07, 6.45) is 0. The lowest BCUT2D eigenvalue weighted by Crippen LogP contribution is -2.41. The standard InChI is InChI=1S/C25H18N2O4/c1-13-12-14(10-11-19(13)27(30)31)26-24(28)22-20-15-6-2-3-7-16(15)21(23(22)25(26)29)18-9-5-4-8-17(18)20/h2-12,20-23H,1H3. The van der Waals surface area contributed by atoms with E-state index in [1.165, 1.54) is 17.0 Å². The van der Waals surface area contributed by atoms with Crippen LogP contribution < -0.4 is 4.90 Å². The summed E-state index contributed by atoms with van der Waals surface area (Å²) >= 11 is 0. The molecule has 6 nitrogen and oxygen atoms in total. The minimum absolute atomic E-state index is 0.0276. The van der Waals surface area contributed by atoms with Gasteiger partial charge in [0.05, 0.1) is 22.4 Å². The lowest BCUT2D eigenvalue weighted by atomic mass is 9.55. The predicted molar refractivity (Wildman–Crippen MR) is 114 cm³/mol. The molecule has 1 aliphatic heterocycles. The fraction of sp³-hybridized carbons (Fsp3) is 0.200. The Hall–Kier alpha value is -3.80. The molecule has 2 unspecified atom stereocenters. The van der Waals surface area contributed by atoms with Crippen LogP contribution in [0, 0.1) is 28.9 Å². The maximum Gasteiger partial charge on any atom is 0.272 e. The second-order valence-electron chi connectivity index (χ2n) is 8.50. The van der Waals surface area contributed by atoms with Crippen LogP contribution in [-0.4, -0.2) is 16.7 Å². The Morgan fingerprint density at radius 2 is 1.23 bits per heavy atom. The fourth-order valence-corrected chi connectivity index (χ4v) is 5.92. The van der Waals surface area contributed by atoms with E-state index in [2.05, 4.69) is 24.3 Å². The van der Waals surface area contributed by atoms with Crippen molar-refractivity contribution in [2.45, 2.75) is 18.8 Å². The molecule has 2 amide bonds. The summed E-state index contributed by atoms with van der Waals surface area (Å²) in [6, 6.07) is 20.6. The average Bonchev–Trinajstić information content (AvgIpc) is 3.04. The summed E-state index contributed by atoms with van der Waals surface area (Å²) in [5.41, 5.74) is 5.28. The zero-order valence-corrected chi connectivity index (χ0v) is 16.7. The fourth-order valence-electron chi connectivity index (χ4n) is 5.92. The Labute approximate surface area is 178 Å². The van der Waals surface area contributed by atoms with Crippen molar-refractivity contribution in [3.8, 4) is 0 Å². The first-order valence-electron chi connectivity index (χ1n) is 10.3. The number of aryl methyl sites for hydroxylation is 1. The monoisotopic (exact) mass is 410 g/mol. The van der Waals surface area contributed by atoms with Gasteiger partial charge in [-0.2, -0.15) is 0 Å². The van der Waals surface area contributed by atoms with Crippen LogP contribution in [0.3, 0.4) is 0 Å². The Morgan fingerprint density at radius 1 is 0.774 bits per heavy atom. The molecule has 0 N–H and O–H groups in total. The highest BCUT2D eigenvalue weighted by Crippen LogP contribution is 2.61. The lowest BCUT2D eigenvalue weighted by molar-refractivity contribution is -0.385. The number of carbonyl (C=O) groups is 2. The largest absolute Gasteiger partial charge is 0.274 e. The molecule has 7 rings (SSSR count). The number of nitrogens with zero attached hydrogens (tertiary/aromatic N) is 2. The quantitative estimate of drug-likeness (QED) is 0.358. The number of hydrogen-bond donors (Lipinski definition) is 0. The van der Waals surface area contributed by atoms with Gasteiger partial charge >= 0.3 is 0 Å².